The van der Waals surface area contributed by atoms with Gasteiger partial charge in [-0.2, -0.15) is 0 Å². The lowest BCUT2D eigenvalue weighted by Gasteiger charge is -2.40. The molecule has 2 aliphatic heterocycles. The van der Waals surface area contributed by atoms with E-state index >= 15 is 0 Å². The molecule has 7 nitrogen and oxygen atoms in total. The van der Waals surface area contributed by atoms with Crippen LogP contribution in [0, 0.1) is 19.8 Å². The van der Waals surface area contributed by atoms with E-state index in [1.807, 2.05) is 29.2 Å². The highest BCUT2D eigenvalue weighted by atomic mass is 16.5. The summed E-state index contributed by atoms with van der Waals surface area (Å²) >= 11 is 0. The van der Waals surface area contributed by atoms with Gasteiger partial charge in [-0.15, -0.1) is 10.2 Å². The summed E-state index contributed by atoms with van der Waals surface area (Å²) in [5.74, 6) is 1.99. The molecule has 0 N–H and O–H groups in total. The Labute approximate surface area is 213 Å². The number of methoxy groups -OCH3 is 1. The molecule has 1 atom stereocenters. The average Bonchev–Trinajstić information content (AvgIpc) is 2.94. The monoisotopic (exact) mass is 485 g/mol. The summed E-state index contributed by atoms with van der Waals surface area (Å²) in [5, 5.41) is 9.03. The molecule has 0 spiro atoms. The number of rotatable bonds is 5. The lowest BCUT2D eigenvalue weighted by molar-refractivity contribution is -0.136. The van der Waals surface area contributed by atoms with Gasteiger partial charge in [-0.3, -0.25) is 4.79 Å². The molecule has 36 heavy (non-hydrogen) atoms. The molecule has 5 rings (SSSR count). The van der Waals surface area contributed by atoms with Crippen molar-refractivity contribution >= 4 is 17.4 Å². The Bertz CT molecular complexity index is 1190. The Kier molecular flexibility index (Phi) is 7.07. The number of hydrogen-bond donors (Lipinski definition) is 0. The van der Waals surface area contributed by atoms with Crippen molar-refractivity contribution < 1.29 is 9.53 Å². The second-order valence-corrected chi connectivity index (χ2v) is 9.87. The zero-order valence-electron chi connectivity index (χ0n) is 21.5. The molecule has 1 amide bonds. The lowest BCUT2D eigenvalue weighted by atomic mass is 9.96. The van der Waals surface area contributed by atoms with Gasteiger partial charge in [-0.1, -0.05) is 12.1 Å². The third-order valence-electron chi connectivity index (χ3n) is 7.58. The molecule has 2 aromatic carbocycles. The van der Waals surface area contributed by atoms with Crippen LogP contribution in [0.3, 0.4) is 0 Å². The molecule has 3 heterocycles. The molecule has 1 aromatic heterocycles. The molecule has 188 valence electrons. The molecular formula is C29H35N5O2. The fraction of sp³-hybridized carbons (Fsp3) is 0.414. The van der Waals surface area contributed by atoms with Gasteiger partial charge in [0.1, 0.15) is 5.75 Å². The SMILES string of the molecule is COc1ccc(N2CCN(C(=O)[C@@H]3CCCN(c4ccc(-c5ccc(C)c(C)c5)nn4)C3)CC2)cc1. The van der Waals surface area contributed by atoms with Gasteiger partial charge in [0, 0.05) is 50.5 Å². The zero-order chi connectivity index (χ0) is 25.1. The van der Waals surface area contributed by atoms with Crippen LogP contribution in [0.4, 0.5) is 11.5 Å². The van der Waals surface area contributed by atoms with Crippen molar-refractivity contribution in [1.82, 2.24) is 15.1 Å². The molecular weight excluding hydrogens is 450 g/mol. The van der Waals surface area contributed by atoms with Gasteiger partial charge in [-0.05, 0) is 80.3 Å². The van der Waals surface area contributed by atoms with E-state index in [2.05, 4.69) is 64.2 Å². The van der Waals surface area contributed by atoms with Gasteiger partial charge in [-0.25, -0.2) is 0 Å². The predicted molar refractivity (Wildman–Crippen MR) is 144 cm³/mol. The highest BCUT2D eigenvalue weighted by molar-refractivity contribution is 5.80. The summed E-state index contributed by atoms with van der Waals surface area (Å²) in [6.45, 7) is 9.05. The number of piperidine rings is 1. The van der Waals surface area contributed by atoms with Crippen molar-refractivity contribution in [3.63, 3.8) is 0 Å². The van der Waals surface area contributed by atoms with Crippen LogP contribution in [0.1, 0.15) is 24.0 Å². The minimum Gasteiger partial charge on any atom is -0.497 e. The number of aryl methyl sites for hydroxylation is 2. The number of carbonyl (C=O) groups is 1. The predicted octanol–water partition coefficient (Wildman–Crippen LogP) is 4.33. The maximum absolute atomic E-state index is 13.4. The smallest absolute Gasteiger partial charge is 0.227 e. The van der Waals surface area contributed by atoms with E-state index in [0.29, 0.717) is 6.54 Å². The standard InChI is InChI=1S/C29H35N5O2/c1-21-6-7-23(19-22(21)2)27-12-13-28(31-30-27)34-14-4-5-24(20-34)29(35)33-17-15-32(16-18-33)25-8-10-26(36-3)11-9-25/h6-13,19,24H,4-5,14-18,20H2,1-3H3/t24-/m1/s1. The summed E-state index contributed by atoms with van der Waals surface area (Å²) in [4.78, 5) is 20.0. The number of hydrogen-bond acceptors (Lipinski definition) is 6. The number of anilines is 2. The maximum Gasteiger partial charge on any atom is 0.227 e. The molecule has 7 heteroatoms. The highest BCUT2D eigenvalue weighted by Gasteiger charge is 2.31. The van der Waals surface area contributed by atoms with Crippen molar-refractivity contribution in [3.05, 3.63) is 65.7 Å². The molecule has 0 unspecified atom stereocenters. The first-order valence-corrected chi connectivity index (χ1v) is 12.9. The van der Waals surface area contributed by atoms with Crippen molar-refractivity contribution in [1.29, 1.82) is 0 Å². The van der Waals surface area contributed by atoms with Crippen molar-refractivity contribution in [2.45, 2.75) is 26.7 Å². The average molecular weight is 486 g/mol. The van der Waals surface area contributed by atoms with Crippen LogP contribution in [0.25, 0.3) is 11.3 Å². The van der Waals surface area contributed by atoms with Crippen LogP contribution in [-0.4, -0.2) is 67.4 Å². The Morgan fingerprint density at radius 3 is 2.31 bits per heavy atom. The van der Waals surface area contributed by atoms with Crippen molar-refractivity contribution in [2.75, 3.05) is 56.2 Å². The van der Waals surface area contributed by atoms with E-state index < -0.39 is 0 Å². The topological polar surface area (TPSA) is 61.8 Å². The third-order valence-corrected chi connectivity index (χ3v) is 7.58. The van der Waals surface area contributed by atoms with Crippen LogP contribution in [-0.2, 0) is 4.79 Å². The fourth-order valence-electron chi connectivity index (χ4n) is 5.17. The molecule has 2 fully saturated rings. The third kappa shape index (κ3) is 5.15. The van der Waals surface area contributed by atoms with E-state index in [1.54, 1.807) is 7.11 Å². The van der Waals surface area contributed by atoms with Gasteiger partial charge in [0.25, 0.3) is 0 Å². The first kappa shape index (κ1) is 24.1. The van der Waals surface area contributed by atoms with Gasteiger partial charge >= 0.3 is 0 Å². The van der Waals surface area contributed by atoms with Gasteiger partial charge in [0.15, 0.2) is 5.82 Å². The molecule has 0 radical (unpaired) electrons. The molecule has 2 saturated heterocycles. The molecule has 0 saturated carbocycles. The van der Waals surface area contributed by atoms with E-state index in [0.717, 1.165) is 68.4 Å². The summed E-state index contributed by atoms with van der Waals surface area (Å²) in [7, 11) is 1.68. The second kappa shape index (κ2) is 10.6. The maximum atomic E-state index is 13.4. The number of aromatic nitrogens is 2. The van der Waals surface area contributed by atoms with Gasteiger partial charge in [0.05, 0.1) is 18.7 Å². The highest BCUT2D eigenvalue weighted by Crippen LogP contribution is 2.26. The number of piperazine rings is 1. The number of carbonyl (C=O) groups excluding carboxylic acids is 1. The van der Waals surface area contributed by atoms with E-state index in [1.165, 1.54) is 16.8 Å². The number of amides is 1. The van der Waals surface area contributed by atoms with Crippen LogP contribution in [0.15, 0.2) is 54.6 Å². The minimum absolute atomic E-state index is 0.00695. The normalized spacial score (nSPS) is 18.3. The summed E-state index contributed by atoms with van der Waals surface area (Å²) in [5.41, 5.74) is 5.66. The Hall–Kier alpha value is -3.61. The first-order chi connectivity index (χ1) is 17.5. The molecule has 0 bridgehead atoms. The fourth-order valence-corrected chi connectivity index (χ4v) is 5.17. The molecule has 2 aliphatic rings. The zero-order valence-corrected chi connectivity index (χ0v) is 21.5. The first-order valence-electron chi connectivity index (χ1n) is 12.9. The lowest BCUT2D eigenvalue weighted by Crippen LogP contribution is -2.52. The van der Waals surface area contributed by atoms with E-state index in [-0.39, 0.29) is 11.8 Å². The Morgan fingerprint density at radius 2 is 1.64 bits per heavy atom. The number of nitrogens with zero attached hydrogens (tertiary/aromatic N) is 5. The van der Waals surface area contributed by atoms with E-state index in [9.17, 15) is 4.79 Å². The number of ether oxygens (including phenoxy) is 1. The van der Waals surface area contributed by atoms with E-state index in [4.69, 9.17) is 4.74 Å². The number of benzene rings is 2. The van der Waals surface area contributed by atoms with Crippen LogP contribution in [0.5, 0.6) is 5.75 Å². The largest absolute Gasteiger partial charge is 0.497 e. The molecule has 0 aliphatic carbocycles. The Balaban J connectivity index is 1.18. The van der Waals surface area contributed by atoms with Crippen molar-refractivity contribution in [3.8, 4) is 17.0 Å². The summed E-state index contributed by atoms with van der Waals surface area (Å²) in [6.07, 6.45) is 1.92. The minimum atomic E-state index is 0.00695. The summed E-state index contributed by atoms with van der Waals surface area (Å²) in [6, 6.07) is 18.6. The quantitative estimate of drug-likeness (QED) is 0.536. The second-order valence-electron chi connectivity index (χ2n) is 9.87. The Morgan fingerprint density at radius 1 is 0.861 bits per heavy atom. The van der Waals surface area contributed by atoms with Crippen molar-refractivity contribution in [2.24, 2.45) is 5.92 Å². The van der Waals surface area contributed by atoms with Gasteiger partial charge in [0.2, 0.25) is 5.91 Å². The van der Waals surface area contributed by atoms with Crippen LogP contribution in [0.2, 0.25) is 0 Å². The molecule has 3 aromatic rings. The summed E-state index contributed by atoms with van der Waals surface area (Å²) < 4.78 is 5.26. The van der Waals surface area contributed by atoms with Crippen LogP contribution >= 0.6 is 0 Å². The van der Waals surface area contributed by atoms with Gasteiger partial charge < -0.3 is 19.4 Å². The van der Waals surface area contributed by atoms with Crippen LogP contribution < -0.4 is 14.5 Å².